The van der Waals surface area contributed by atoms with Crippen LogP contribution in [0.4, 0.5) is 4.79 Å². The van der Waals surface area contributed by atoms with Crippen molar-refractivity contribution in [2.45, 2.75) is 38.1 Å². The number of nitrogens with zero attached hydrogens (tertiary/aromatic N) is 3. The summed E-state index contributed by atoms with van der Waals surface area (Å²) >= 11 is 0. The topological polar surface area (TPSA) is 117 Å². The van der Waals surface area contributed by atoms with E-state index in [1.807, 2.05) is 6.92 Å². The van der Waals surface area contributed by atoms with Crippen LogP contribution in [0.5, 0.6) is 0 Å². The molecule has 27 heavy (non-hydrogen) atoms. The Morgan fingerprint density at radius 1 is 1.22 bits per heavy atom. The number of hydrogen-bond acceptors (Lipinski definition) is 6. The number of rotatable bonds is 8. The highest BCUT2D eigenvalue weighted by atomic mass is 32.2. The van der Waals surface area contributed by atoms with Crippen LogP contribution in [0.2, 0.25) is 0 Å². The molecule has 9 nitrogen and oxygen atoms in total. The lowest BCUT2D eigenvalue weighted by atomic mass is 10.2. The van der Waals surface area contributed by atoms with E-state index in [0.717, 1.165) is 5.56 Å². The Labute approximate surface area is 159 Å². The van der Waals surface area contributed by atoms with Gasteiger partial charge in [0.05, 0.1) is 4.90 Å². The molecule has 0 spiro atoms. The van der Waals surface area contributed by atoms with E-state index in [0.29, 0.717) is 24.7 Å². The van der Waals surface area contributed by atoms with Crippen molar-refractivity contribution in [1.29, 1.82) is 0 Å². The summed E-state index contributed by atoms with van der Waals surface area (Å²) in [6.45, 7) is 5.93. The number of urea groups is 1. The Kier molecular flexibility index (Phi) is 6.92. The van der Waals surface area contributed by atoms with Crippen molar-refractivity contribution < 1.29 is 17.7 Å². The fourth-order valence-electron chi connectivity index (χ4n) is 2.24. The quantitative estimate of drug-likeness (QED) is 0.658. The van der Waals surface area contributed by atoms with E-state index in [1.165, 1.54) is 4.90 Å². The highest BCUT2D eigenvalue weighted by Gasteiger charge is 2.22. The van der Waals surface area contributed by atoms with E-state index in [-0.39, 0.29) is 23.5 Å². The number of hydrogen-bond donors (Lipinski definition) is 2. The van der Waals surface area contributed by atoms with Crippen molar-refractivity contribution >= 4 is 16.1 Å². The fraction of sp³-hybridized carbons (Fsp3) is 0.471. The lowest BCUT2D eigenvalue weighted by molar-refractivity contribution is 0.181. The highest BCUT2D eigenvalue weighted by molar-refractivity contribution is 7.89. The first-order valence-electron chi connectivity index (χ1n) is 8.58. The van der Waals surface area contributed by atoms with Crippen molar-refractivity contribution in [1.82, 2.24) is 25.1 Å². The first-order chi connectivity index (χ1) is 12.7. The predicted octanol–water partition coefficient (Wildman–Crippen LogP) is 1.76. The molecule has 0 fully saturated rings. The second-order valence-corrected chi connectivity index (χ2v) is 8.03. The van der Waals surface area contributed by atoms with Crippen LogP contribution in [-0.4, -0.2) is 49.6 Å². The number of carbonyl (C=O) groups is 1. The Bertz CT molecular complexity index is 864. The predicted molar refractivity (Wildman–Crippen MR) is 99.6 cm³/mol. The third-order valence-electron chi connectivity index (χ3n) is 4.06. The van der Waals surface area contributed by atoms with Gasteiger partial charge in [-0.2, -0.15) is 4.98 Å². The van der Waals surface area contributed by atoms with Crippen molar-refractivity contribution in [3.63, 3.8) is 0 Å². The van der Waals surface area contributed by atoms with E-state index in [9.17, 15) is 13.2 Å². The van der Waals surface area contributed by atoms with E-state index >= 15 is 0 Å². The van der Waals surface area contributed by atoms with Gasteiger partial charge in [-0.25, -0.2) is 17.9 Å². The summed E-state index contributed by atoms with van der Waals surface area (Å²) < 4.78 is 31.9. The Balaban J connectivity index is 1.74. The number of aromatic nitrogens is 2. The molecule has 2 amide bonds. The van der Waals surface area contributed by atoms with Gasteiger partial charge in [-0.1, -0.05) is 22.9 Å². The third kappa shape index (κ3) is 5.76. The lowest BCUT2D eigenvalue weighted by Gasteiger charge is -2.22. The van der Waals surface area contributed by atoms with Gasteiger partial charge in [0.25, 0.3) is 0 Å². The third-order valence-corrected chi connectivity index (χ3v) is 5.53. The van der Waals surface area contributed by atoms with Gasteiger partial charge in [0.2, 0.25) is 15.9 Å². The number of benzene rings is 1. The number of sulfonamides is 1. The summed E-state index contributed by atoms with van der Waals surface area (Å²) in [4.78, 5) is 17.9. The molecule has 0 radical (unpaired) electrons. The molecule has 0 saturated heterocycles. The normalized spacial score (nSPS) is 12.6. The van der Waals surface area contributed by atoms with Crippen LogP contribution in [-0.2, 0) is 10.0 Å². The SMILES string of the molecule is Cc1ccc(S(=O)(=O)NCCCNC(=O)N(C)C(C)c2nc(C)no2)cc1. The minimum atomic E-state index is -3.54. The number of nitrogens with one attached hydrogen (secondary N) is 2. The van der Waals surface area contributed by atoms with Crippen LogP contribution in [0.15, 0.2) is 33.7 Å². The van der Waals surface area contributed by atoms with Crippen molar-refractivity contribution in [3.8, 4) is 0 Å². The first-order valence-corrected chi connectivity index (χ1v) is 10.1. The van der Waals surface area contributed by atoms with Crippen molar-refractivity contribution in [2.75, 3.05) is 20.1 Å². The molecule has 1 aromatic heterocycles. The van der Waals surface area contributed by atoms with Crippen LogP contribution in [0.25, 0.3) is 0 Å². The van der Waals surface area contributed by atoms with Crippen LogP contribution in [0.3, 0.4) is 0 Å². The Morgan fingerprint density at radius 2 is 1.89 bits per heavy atom. The zero-order valence-corrected chi connectivity index (χ0v) is 16.7. The lowest BCUT2D eigenvalue weighted by Crippen LogP contribution is -2.40. The maximum absolute atomic E-state index is 12.2. The summed E-state index contributed by atoms with van der Waals surface area (Å²) in [6.07, 6.45) is 0.457. The monoisotopic (exact) mass is 395 g/mol. The smallest absolute Gasteiger partial charge is 0.317 e. The first kappa shape index (κ1) is 20.8. The van der Waals surface area contributed by atoms with E-state index in [1.54, 1.807) is 45.2 Å². The minimum Gasteiger partial charge on any atom is -0.338 e. The average molecular weight is 395 g/mol. The maximum Gasteiger partial charge on any atom is 0.317 e. The second kappa shape index (κ2) is 8.96. The molecule has 1 atom stereocenters. The van der Waals surface area contributed by atoms with Crippen LogP contribution in [0, 0.1) is 13.8 Å². The van der Waals surface area contributed by atoms with Gasteiger partial charge < -0.3 is 14.7 Å². The standard InChI is InChI=1S/C17H25N5O4S/c1-12-6-8-15(9-7-12)27(24,25)19-11-5-10-18-17(23)22(4)13(2)16-20-14(3)21-26-16/h6-9,13,19H,5,10-11H2,1-4H3,(H,18,23). The Hall–Kier alpha value is -2.46. The van der Waals surface area contributed by atoms with E-state index in [2.05, 4.69) is 20.2 Å². The molecule has 0 saturated carbocycles. The fourth-order valence-corrected chi connectivity index (χ4v) is 3.31. The molecule has 1 heterocycles. The van der Waals surface area contributed by atoms with Crippen LogP contribution < -0.4 is 10.0 Å². The molecule has 2 rings (SSSR count). The molecule has 1 unspecified atom stereocenters. The van der Waals surface area contributed by atoms with E-state index in [4.69, 9.17) is 4.52 Å². The van der Waals surface area contributed by atoms with E-state index < -0.39 is 10.0 Å². The van der Waals surface area contributed by atoms with Crippen molar-refractivity contribution in [3.05, 3.63) is 41.5 Å². The maximum atomic E-state index is 12.2. The van der Waals surface area contributed by atoms with Crippen LogP contribution >= 0.6 is 0 Å². The summed E-state index contributed by atoms with van der Waals surface area (Å²) in [5.41, 5.74) is 0.991. The molecule has 0 aliphatic rings. The molecule has 0 bridgehead atoms. The molecular weight excluding hydrogens is 370 g/mol. The van der Waals surface area contributed by atoms with Crippen molar-refractivity contribution in [2.24, 2.45) is 0 Å². The van der Waals surface area contributed by atoms with Gasteiger partial charge in [0.1, 0.15) is 6.04 Å². The zero-order valence-electron chi connectivity index (χ0n) is 15.9. The van der Waals surface area contributed by atoms with Gasteiger partial charge in [-0.3, -0.25) is 0 Å². The Morgan fingerprint density at radius 3 is 2.48 bits per heavy atom. The molecule has 10 heteroatoms. The summed E-state index contributed by atoms with van der Waals surface area (Å²) in [5.74, 6) is 0.863. The molecule has 148 valence electrons. The summed E-state index contributed by atoms with van der Waals surface area (Å²) in [5, 5.41) is 6.44. The average Bonchev–Trinajstić information content (AvgIpc) is 3.06. The number of amides is 2. The summed E-state index contributed by atoms with van der Waals surface area (Å²) in [7, 11) is -1.92. The molecule has 1 aromatic carbocycles. The van der Waals surface area contributed by atoms with Gasteiger partial charge >= 0.3 is 6.03 Å². The van der Waals surface area contributed by atoms with Gasteiger partial charge in [0.15, 0.2) is 5.82 Å². The van der Waals surface area contributed by atoms with Gasteiger partial charge in [-0.05, 0) is 39.3 Å². The number of carbonyl (C=O) groups excluding carboxylic acids is 1. The van der Waals surface area contributed by atoms with Crippen LogP contribution in [0.1, 0.15) is 36.7 Å². The molecule has 2 N–H and O–H groups in total. The zero-order chi connectivity index (χ0) is 20.0. The van der Waals surface area contributed by atoms with Gasteiger partial charge in [-0.15, -0.1) is 0 Å². The number of aryl methyl sites for hydroxylation is 2. The highest BCUT2D eigenvalue weighted by Crippen LogP contribution is 2.16. The molecular formula is C17H25N5O4S. The molecule has 0 aliphatic carbocycles. The van der Waals surface area contributed by atoms with Gasteiger partial charge in [0, 0.05) is 20.1 Å². The minimum absolute atomic E-state index is 0.221. The largest absolute Gasteiger partial charge is 0.338 e. The molecule has 2 aromatic rings. The summed E-state index contributed by atoms with van der Waals surface area (Å²) in [6, 6.07) is 5.95. The molecule has 0 aliphatic heterocycles. The second-order valence-electron chi connectivity index (χ2n) is 6.26.